The molecule has 6 atom stereocenters. The molecule has 20 heteroatoms. The number of nitrogens with zero attached hydrogens (tertiary/aromatic N) is 1. The van der Waals surface area contributed by atoms with Gasteiger partial charge in [-0.1, -0.05) is 0 Å². The van der Waals surface area contributed by atoms with E-state index in [1.807, 2.05) is 4.98 Å². The summed E-state index contributed by atoms with van der Waals surface area (Å²) >= 11 is 0. The Hall–Kier alpha value is -1.03. The van der Waals surface area contributed by atoms with Crippen LogP contribution in [0, 0.1) is 0 Å². The molecular weight excluding hydrogens is 481 g/mol. The summed E-state index contributed by atoms with van der Waals surface area (Å²) in [4.78, 5) is 60.5. The zero-order chi connectivity index (χ0) is 22.9. The quantitative estimate of drug-likeness (QED) is 0.204. The van der Waals surface area contributed by atoms with Crippen LogP contribution >= 0.6 is 23.5 Å². The molecule has 172 valence electrons. The highest BCUT2D eigenvalue weighted by molar-refractivity contribution is 7.66. The number of rotatable bonds is 9. The number of aromatic amines is 1. The maximum absolute atomic E-state index is 11.9. The van der Waals surface area contributed by atoms with Gasteiger partial charge in [0.05, 0.1) is 6.61 Å². The number of H-pyrrole nitrogens is 1. The molecule has 1 aromatic rings. The standard InChI is InChI=1S/C10H17N2O15P3/c1-23-8-5(4-24-29(19,20)27-30(21,22)26-28(16,17)18)25-9(7(8)14)12-3-2-6(13)11-10(12)15/h2-3,5,7-9,14H,4H2,1H3,(H,19,20)(H,21,22)(H,11,13,15)(H2,16,17,18)/t5-,7-,8-,9-/m1/s1. The Bertz CT molecular complexity index is 1010. The smallest absolute Gasteiger partial charge is 0.386 e. The fourth-order valence-electron chi connectivity index (χ4n) is 2.47. The number of aliphatic hydroxyl groups excluding tert-OH is 1. The SMILES string of the molecule is CO[C@H]1[C@@H](O)[C@H](n2ccc(=O)[nH]c2=O)O[C@@H]1COP(=O)(O)OP(=O)(O)OP(=O)(O)O. The summed E-state index contributed by atoms with van der Waals surface area (Å²) in [6.45, 7) is -0.909. The molecule has 1 aromatic heterocycles. The average Bonchev–Trinajstić information content (AvgIpc) is 2.85. The van der Waals surface area contributed by atoms with Gasteiger partial charge in [0.2, 0.25) is 0 Å². The summed E-state index contributed by atoms with van der Waals surface area (Å²) in [7, 11) is -15.6. The lowest BCUT2D eigenvalue weighted by molar-refractivity contribution is -0.0560. The minimum atomic E-state index is -5.70. The molecule has 2 rings (SSSR count). The number of phosphoric ester groups is 1. The minimum absolute atomic E-state index is 0.712. The van der Waals surface area contributed by atoms with Gasteiger partial charge in [-0.25, -0.2) is 18.5 Å². The van der Waals surface area contributed by atoms with E-state index in [-0.39, 0.29) is 0 Å². The Morgan fingerprint density at radius 2 is 1.77 bits per heavy atom. The van der Waals surface area contributed by atoms with Crippen LogP contribution in [0.15, 0.2) is 21.9 Å². The van der Waals surface area contributed by atoms with E-state index in [2.05, 4.69) is 13.1 Å². The second-order valence-corrected chi connectivity index (χ2v) is 10.1. The van der Waals surface area contributed by atoms with E-state index < -0.39 is 65.9 Å². The zero-order valence-corrected chi connectivity index (χ0v) is 17.5. The van der Waals surface area contributed by atoms with E-state index in [0.29, 0.717) is 0 Å². The molecule has 0 aromatic carbocycles. The van der Waals surface area contributed by atoms with E-state index >= 15 is 0 Å². The molecule has 1 aliphatic rings. The van der Waals surface area contributed by atoms with Crippen molar-refractivity contribution in [1.29, 1.82) is 0 Å². The van der Waals surface area contributed by atoms with Gasteiger partial charge in [0.25, 0.3) is 5.56 Å². The Morgan fingerprint density at radius 1 is 1.13 bits per heavy atom. The highest BCUT2D eigenvalue weighted by atomic mass is 31.3. The largest absolute Gasteiger partial charge is 0.490 e. The van der Waals surface area contributed by atoms with E-state index in [0.717, 1.165) is 23.9 Å². The number of methoxy groups -OCH3 is 1. The van der Waals surface area contributed by atoms with Gasteiger partial charge in [0.1, 0.15) is 18.3 Å². The van der Waals surface area contributed by atoms with Gasteiger partial charge in [-0.2, -0.15) is 8.62 Å². The van der Waals surface area contributed by atoms with Gasteiger partial charge in [0, 0.05) is 19.4 Å². The first kappa shape index (κ1) is 25.2. The summed E-state index contributed by atoms with van der Waals surface area (Å²) in [5.41, 5.74) is -1.65. The Kier molecular flexibility index (Phi) is 7.76. The Balaban J connectivity index is 2.11. The number of phosphoric acid groups is 3. The van der Waals surface area contributed by atoms with Crippen molar-refractivity contribution < 1.29 is 61.0 Å². The normalized spacial score (nSPS) is 28.7. The van der Waals surface area contributed by atoms with Crippen LogP contribution in [0.5, 0.6) is 0 Å². The van der Waals surface area contributed by atoms with E-state index in [1.54, 1.807) is 0 Å². The van der Waals surface area contributed by atoms with Crippen LogP contribution in [0.2, 0.25) is 0 Å². The van der Waals surface area contributed by atoms with Crippen LogP contribution in [-0.4, -0.2) is 66.3 Å². The van der Waals surface area contributed by atoms with Crippen LogP contribution in [-0.2, 0) is 36.3 Å². The topological polar surface area (TPSA) is 253 Å². The third kappa shape index (κ3) is 6.73. The Morgan fingerprint density at radius 3 is 2.30 bits per heavy atom. The third-order valence-electron chi connectivity index (χ3n) is 3.52. The van der Waals surface area contributed by atoms with Gasteiger partial charge < -0.3 is 34.2 Å². The van der Waals surface area contributed by atoms with Crippen molar-refractivity contribution in [3.63, 3.8) is 0 Å². The van der Waals surface area contributed by atoms with Gasteiger partial charge in [-0.05, 0) is 0 Å². The van der Waals surface area contributed by atoms with Crippen molar-refractivity contribution in [3.05, 3.63) is 33.1 Å². The first-order valence-corrected chi connectivity index (χ1v) is 12.1. The second kappa shape index (κ2) is 9.22. The number of hydrogen-bond donors (Lipinski definition) is 6. The van der Waals surface area contributed by atoms with Gasteiger partial charge in [0.15, 0.2) is 6.23 Å². The van der Waals surface area contributed by atoms with Crippen molar-refractivity contribution in [2.45, 2.75) is 24.5 Å². The van der Waals surface area contributed by atoms with Gasteiger partial charge >= 0.3 is 29.2 Å². The maximum Gasteiger partial charge on any atom is 0.490 e. The second-order valence-electron chi connectivity index (χ2n) is 5.66. The molecule has 0 saturated carbocycles. The summed E-state index contributed by atoms with van der Waals surface area (Å²) in [5.74, 6) is 0. The van der Waals surface area contributed by atoms with E-state index in [9.17, 15) is 33.3 Å². The fourth-order valence-corrected chi connectivity index (χ4v) is 5.50. The molecule has 0 aliphatic carbocycles. The van der Waals surface area contributed by atoms with E-state index in [1.165, 1.54) is 0 Å². The van der Waals surface area contributed by atoms with Crippen LogP contribution < -0.4 is 11.2 Å². The molecule has 0 spiro atoms. The number of nitrogens with one attached hydrogen (secondary N) is 1. The predicted octanol–water partition coefficient (Wildman–Crippen LogP) is -1.85. The monoisotopic (exact) mass is 498 g/mol. The lowest BCUT2D eigenvalue weighted by Gasteiger charge is -2.20. The molecule has 0 amide bonds. The molecule has 0 radical (unpaired) electrons. The Labute approximate surface area is 166 Å². The first-order chi connectivity index (χ1) is 13.6. The number of ether oxygens (including phenoxy) is 2. The van der Waals surface area contributed by atoms with Crippen molar-refractivity contribution in [3.8, 4) is 0 Å². The van der Waals surface area contributed by atoms with Crippen LogP contribution in [0.3, 0.4) is 0 Å². The summed E-state index contributed by atoms with van der Waals surface area (Å²) < 4.78 is 56.4. The molecule has 1 fully saturated rings. The molecular formula is C10H17N2O15P3. The summed E-state index contributed by atoms with van der Waals surface area (Å²) in [5, 5.41) is 10.3. The molecule has 0 bridgehead atoms. The van der Waals surface area contributed by atoms with Crippen LogP contribution in [0.25, 0.3) is 0 Å². The van der Waals surface area contributed by atoms with Crippen LogP contribution in [0.4, 0.5) is 0 Å². The first-order valence-electron chi connectivity index (χ1n) is 7.60. The zero-order valence-electron chi connectivity index (χ0n) is 14.8. The maximum atomic E-state index is 11.9. The average molecular weight is 498 g/mol. The highest BCUT2D eigenvalue weighted by Crippen LogP contribution is 2.66. The molecule has 17 nitrogen and oxygen atoms in total. The molecule has 6 N–H and O–H groups in total. The summed E-state index contributed by atoms with van der Waals surface area (Å²) in [6, 6.07) is 0.971. The molecule has 2 heterocycles. The molecule has 1 saturated heterocycles. The fraction of sp³-hybridized carbons (Fsp3) is 0.600. The van der Waals surface area contributed by atoms with Crippen molar-refractivity contribution in [1.82, 2.24) is 9.55 Å². The molecule has 1 aliphatic heterocycles. The molecule has 2 unspecified atom stereocenters. The lowest BCUT2D eigenvalue weighted by Crippen LogP contribution is -2.38. The van der Waals surface area contributed by atoms with Gasteiger partial charge in [-0.3, -0.25) is 18.9 Å². The van der Waals surface area contributed by atoms with Crippen LogP contribution in [0.1, 0.15) is 6.23 Å². The van der Waals surface area contributed by atoms with Crippen molar-refractivity contribution in [2.24, 2.45) is 0 Å². The molecule has 30 heavy (non-hydrogen) atoms. The minimum Gasteiger partial charge on any atom is -0.386 e. The highest BCUT2D eigenvalue weighted by Gasteiger charge is 2.47. The van der Waals surface area contributed by atoms with Crippen molar-refractivity contribution in [2.75, 3.05) is 13.7 Å². The lowest BCUT2D eigenvalue weighted by atomic mass is 10.1. The summed E-state index contributed by atoms with van der Waals surface area (Å²) in [6.07, 6.45) is -4.48. The number of aromatic nitrogens is 2. The van der Waals surface area contributed by atoms with Gasteiger partial charge in [-0.15, -0.1) is 0 Å². The number of aliphatic hydroxyl groups is 1. The third-order valence-corrected chi connectivity index (χ3v) is 7.33. The predicted molar refractivity (Wildman–Crippen MR) is 91.9 cm³/mol. The van der Waals surface area contributed by atoms with Crippen molar-refractivity contribution >= 4 is 23.5 Å². The van der Waals surface area contributed by atoms with E-state index in [4.69, 9.17) is 24.2 Å². The number of hydrogen-bond acceptors (Lipinski definition) is 11.